The van der Waals surface area contributed by atoms with Gasteiger partial charge in [0.1, 0.15) is 6.61 Å². The van der Waals surface area contributed by atoms with Crippen LogP contribution in [-0.2, 0) is 16.0 Å². The molecule has 0 aromatic heterocycles. The Morgan fingerprint density at radius 1 is 1.24 bits per heavy atom. The molecule has 3 rings (SSSR count). The summed E-state index contributed by atoms with van der Waals surface area (Å²) in [6, 6.07) is 10.4. The fraction of sp³-hybridized carbons (Fsp3) is 0.667. The molecule has 0 spiro atoms. The fourth-order valence-corrected chi connectivity index (χ4v) is 4.55. The smallest absolute Gasteiger partial charge is 0.248 e. The number of carbonyl (C=O) groups is 1. The van der Waals surface area contributed by atoms with Gasteiger partial charge in [-0.2, -0.15) is 0 Å². The molecule has 1 aliphatic heterocycles. The van der Waals surface area contributed by atoms with Crippen molar-refractivity contribution in [1.82, 2.24) is 4.90 Å². The molecule has 1 heterocycles. The van der Waals surface area contributed by atoms with Crippen LogP contribution in [0.2, 0.25) is 0 Å². The number of hydrogen-bond donors (Lipinski definition) is 1. The monoisotopic (exact) mass is 345 g/mol. The standard InChI is InChI=1S/C21H31NO3/c1-21(24)13-6-5-10-18(21)19-11-7-14-22(19)20(23)16-25-15-12-17-8-3-2-4-9-17/h2-4,8-9,18-19,24H,5-7,10-16H2,1H3/t18-,19+,21+/m1/s1. The molecule has 1 N–H and O–H groups in total. The van der Waals surface area contributed by atoms with Crippen LogP contribution in [0.25, 0.3) is 0 Å². The summed E-state index contributed by atoms with van der Waals surface area (Å²) < 4.78 is 5.65. The Morgan fingerprint density at radius 2 is 2.04 bits per heavy atom. The van der Waals surface area contributed by atoms with Gasteiger partial charge < -0.3 is 14.7 Å². The minimum Gasteiger partial charge on any atom is -0.390 e. The third-order valence-corrected chi connectivity index (χ3v) is 5.93. The number of amides is 1. The molecule has 1 saturated carbocycles. The van der Waals surface area contributed by atoms with Crippen molar-refractivity contribution in [2.75, 3.05) is 19.8 Å². The van der Waals surface area contributed by atoms with Crippen molar-refractivity contribution < 1.29 is 14.6 Å². The number of benzene rings is 1. The van der Waals surface area contributed by atoms with Gasteiger partial charge in [0.2, 0.25) is 5.91 Å². The Labute approximate surface area is 151 Å². The maximum Gasteiger partial charge on any atom is 0.248 e. The molecular formula is C21H31NO3. The number of likely N-dealkylation sites (tertiary alicyclic amines) is 1. The van der Waals surface area contributed by atoms with Crippen LogP contribution in [-0.4, -0.2) is 47.3 Å². The first-order chi connectivity index (χ1) is 12.1. The van der Waals surface area contributed by atoms with Gasteiger partial charge in [-0.1, -0.05) is 43.2 Å². The van der Waals surface area contributed by atoms with E-state index in [0.717, 1.165) is 51.5 Å². The van der Waals surface area contributed by atoms with E-state index in [1.165, 1.54) is 5.56 Å². The molecular weight excluding hydrogens is 314 g/mol. The highest BCUT2D eigenvalue weighted by molar-refractivity contribution is 5.78. The van der Waals surface area contributed by atoms with Gasteiger partial charge in [-0.15, -0.1) is 0 Å². The Hall–Kier alpha value is -1.39. The minimum absolute atomic E-state index is 0.0805. The van der Waals surface area contributed by atoms with Gasteiger partial charge in [0.05, 0.1) is 12.2 Å². The van der Waals surface area contributed by atoms with Gasteiger partial charge in [-0.05, 0) is 44.6 Å². The van der Waals surface area contributed by atoms with Crippen LogP contribution in [0, 0.1) is 5.92 Å². The van der Waals surface area contributed by atoms with Crippen molar-refractivity contribution in [2.24, 2.45) is 5.92 Å². The number of ether oxygens (including phenoxy) is 1. The summed E-state index contributed by atoms with van der Waals surface area (Å²) in [5.74, 6) is 0.286. The van der Waals surface area contributed by atoms with Crippen molar-refractivity contribution in [2.45, 2.75) is 63.5 Å². The van der Waals surface area contributed by atoms with E-state index in [-0.39, 0.29) is 24.5 Å². The van der Waals surface area contributed by atoms with E-state index >= 15 is 0 Å². The highest BCUT2D eigenvalue weighted by Gasteiger charge is 2.44. The van der Waals surface area contributed by atoms with Crippen molar-refractivity contribution in [3.8, 4) is 0 Å². The average Bonchev–Trinajstić information content (AvgIpc) is 3.08. The molecule has 1 saturated heterocycles. The Morgan fingerprint density at radius 3 is 2.80 bits per heavy atom. The predicted molar refractivity (Wildman–Crippen MR) is 98.3 cm³/mol. The summed E-state index contributed by atoms with van der Waals surface area (Å²) >= 11 is 0. The molecule has 1 aliphatic carbocycles. The number of carbonyl (C=O) groups excluding carboxylic acids is 1. The molecule has 25 heavy (non-hydrogen) atoms. The van der Waals surface area contributed by atoms with Crippen LogP contribution in [0.4, 0.5) is 0 Å². The van der Waals surface area contributed by atoms with Gasteiger partial charge in [-0.25, -0.2) is 0 Å². The molecule has 3 atom stereocenters. The molecule has 0 radical (unpaired) electrons. The number of rotatable bonds is 6. The Bertz CT molecular complexity index is 558. The Balaban J connectivity index is 1.49. The first-order valence-corrected chi connectivity index (χ1v) is 9.71. The van der Waals surface area contributed by atoms with Crippen LogP contribution in [0.1, 0.15) is 51.0 Å². The predicted octanol–water partition coefficient (Wildman–Crippen LogP) is 3.18. The highest BCUT2D eigenvalue weighted by Crippen LogP contribution is 2.40. The first kappa shape index (κ1) is 18.4. The van der Waals surface area contributed by atoms with Gasteiger partial charge in [0, 0.05) is 18.5 Å². The van der Waals surface area contributed by atoms with E-state index in [4.69, 9.17) is 4.74 Å². The van der Waals surface area contributed by atoms with E-state index in [1.54, 1.807) is 0 Å². The summed E-state index contributed by atoms with van der Waals surface area (Å²) in [6.07, 6.45) is 7.00. The molecule has 4 nitrogen and oxygen atoms in total. The molecule has 138 valence electrons. The van der Waals surface area contributed by atoms with Crippen LogP contribution < -0.4 is 0 Å². The quantitative estimate of drug-likeness (QED) is 0.806. The van der Waals surface area contributed by atoms with Crippen molar-refractivity contribution in [1.29, 1.82) is 0 Å². The summed E-state index contributed by atoms with van der Waals surface area (Å²) in [4.78, 5) is 14.6. The zero-order chi connectivity index (χ0) is 17.7. The van der Waals surface area contributed by atoms with E-state index in [2.05, 4.69) is 12.1 Å². The molecule has 1 aromatic rings. The lowest BCUT2D eigenvalue weighted by Gasteiger charge is -2.43. The molecule has 4 heteroatoms. The highest BCUT2D eigenvalue weighted by atomic mass is 16.5. The van der Waals surface area contributed by atoms with E-state index in [0.29, 0.717) is 6.61 Å². The molecule has 1 aromatic carbocycles. The fourth-order valence-electron chi connectivity index (χ4n) is 4.55. The van der Waals surface area contributed by atoms with Crippen LogP contribution in [0.15, 0.2) is 30.3 Å². The first-order valence-electron chi connectivity index (χ1n) is 9.71. The van der Waals surface area contributed by atoms with Crippen LogP contribution >= 0.6 is 0 Å². The molecule has 0 unspecified atom stereocenters. The molecule has 2 aliphatic rings. The van der Waals surface area contributed by atoms with Gasteiger partial charge in [-0.3, -0.25) is 4.79 Å². The third-order valence-electron chi connectivity index (χ3n) is 5.93. The summed E-state index contributed by atoms with van der Waals surface area (Å²) in [7, 11) is 0. The normalized spacial score (nSPS) is 29.8. The molecule has 2 fully saturated rings. The minimum atomic E-state index is -0.639. The lowest BCUT2D eigenvalue weighted by Crippen LogP contribution is -2.51. The Kier molecular flexibility index (Phi) is 6.13. The van der Waals surface area contributed by atoms with E-state index in [9.17, 15) is 9.90 Å². The van der Waals surface area contributed by atoms with Gasteiger partial charge >= 0.3 is 0 Å². The second kappa shape index (κ2) is 8.33. The lowest BCUT2D eigenvalue weighted by atomic mass is 9.72. The molecule has 0 bridgehead atoms. The van der Waals surface area contributed by atoms with Crippen LogP contribution in [0.3, 0.4) is 0 Å². The van der Waals surface area contributed by atoms with Crippen molar-refractivity contribution in [3.05, 3.63) is 35.9 Å². The average molecular weight is 345 g/mol. The van der Waals surface area contributed by atoms with Gasteiger partial charge in [0.25, 0.3) is 0 Å². The van der Waals surface area contributed by atoms with Crippen molar-refractivity contribution >= 4 is 5.91 Å². The second-order valence-corrected chi connectivity index (χ2v) is 7.79. The number of hydrogen-bond acceptors (Lipinski definition) is 3. The van der Waals surface area contributed by atoms with Crippen LogP contribution in [0.5, 0.6) is 0 Å². The number of nitrogens with zero attached hydrogens (tertiary/aromatic N) is 1. The summed E-state index contributed by atoms with van der Waals surface area (Å²) in [6.45, 7) is 3.47. The second-order valence-electron chi connectivity index (χ2n) is 7.79. The maximum absolute atomic E-state index is 12.6. The molecule has 1 amide bonds. The SMILES string of the molecule is C[C@]1(O)CCCC[C@@H]1[C@@H]1CCCN1C(=O)COCCc1ccccc1. The topological polar surface area (TPSA) is 49.8 Å². The third kappa shape index (κ3) is 4.62. The zero-order valence-corrected chi connectivity index (χ0v) is 15.3. The van der Waals surface area contributed by atoms with Crippen molar-refractivity contribution in [3.63, 3.8) is 0 Å². The summed E-state index contributed by atoms with van der Waals surface area (Å²) in [5, 5.41) is 10.8. The van der Waals surface area contributed by atoms with Gasteiger partial charge in [0.15, 0.2) is 0 Å². The summed E-state index contributed by atoms with van der Waals surface area (Å²) in [5.41, 5.74) is 0.590. The zero-order valence-electron chi connectivity index (χ0n) is 15.3. The van der Waals surface area contributed by atoms with E-state index in [1.807, 2.05) is 30.0 Å². The number of aliphatic hydroxyl groups is 1. The lowest BCUT2D eigenvalue weighted by molar-refractivity contribution is -0.141. The maximum atomic E-state index is 12.6. The largest absolute Gasteiger partial charge is 0.390 e. The van der Waals surface area contributed by atoms with E-state index < -0.39 is 5.60 Å².